The number of thiophene rings is 1. The van der Waals surface area contributed by atoms with Crippen molar-refractivity contribution in [1.82, 2.24) is 4.72 Å². The molecule has 0 aliphatic carbocycles. The number of aliphatic hydroxyl groups is 1. The minimum Gasteiger partial charge on any atom is -0.386 e. The molecule has 4 nitrogen and oxygen atoms in total. The Hall–Kier alpha value is -1.57. The smallest absolute Gasteiger partial charge is 0.236 e. The number of benzene rings is 1. The molecule has 0 aliphatic heterocycles. The minimum absolute atomic E-state index is 0.0385. The van der Waals surface area contributed by atoms with Gasteiger partial charge >= 0.3 is 0 Å². The zero-order valence-electron chi connectivity index (χ0n) is 17.1. The molecule has 2 rings (SSSR count). The average Bonchev–Trinajstić information content (AvgIpc) is 3.06. The Kier molecular flexibility index (Phi) is 7.17. The lowest BCUT2D eigenvalue weighted by Gasteiger charge is -2.19. The second-order valence-electron chi connectivity index (χ2n) is 8.06. The van der Waals surface area contributed by atoms with Crippen LogP contribution < -0.4 is 4.72 Å². The van der Waals surface area contributed by atoms with E-state index in [4.69, 9.17) is 0 Å². The van der Waals surface area contributed by atoms with Gasteiger partial charge in [-0.2, -0.15) is 0 Å². The van der Waals surface area contributed by atoms with Crippen LogP contribution in [0.15, 0.2) is 27.8 Å². The Balaban J connectivity index is 2.23. The van der Waals surface area contributed by atoms with Gasteiger partial charge in [0.1, 0.15) is 10.0 Å². The van der Waals surface area contributed by atoms with Crippen molar-refractivity contribution in [2.75, 3.05) is 0 Å². The Bertz CT molecular complexity index is 853. The third-order valence-electron chi connectivity index (χ3n) is 4.54. The fourth-order valence-corrected chi connectivity index (χ4v) is 5.03. The highest BCUT2D eigenvalue weighted by molar-refractivity contribution is 7.86. The second-order valence-corrected chi connectivity index (χ2v) is 10.4. The fourth-order valence-electron chi connectivity index (χ4n) is 3.00. The maximum atomic E-state index is 14.0. The molecule has 7 heteroatoms. The van der Waals surface area contributed by atoms with Crippen LogP contribution in [0.4, 0.5) is 4.39 Å². The number of carbonyl (C=O) groups excluding carboxylic acids is 1. The largest absolute Gasteiger partial charge is 0.386 e. The van der Waals surface area contributed by atoms with Gasteiger partial charge in [0.05, 0.1) is 12.0 Å². The molecule has 1 heterocycles. The topological polar surface area (TPSA) is 66.4 Å². The van der Waals surface area contributed by atoms with Crippen LogP contribution in [-0.4, -0.2) is 15.2 Å². The molecular weight excluding hydrogens is 397 g/mol. The van der Waals surface area contributed by atoms with Crippen LogP contribution in [-0.2, 0) is 27.8 Å². The summed E-state index contributed by atoms with van der Waals surface area (Å²) in [4.78, 5) is 12.6. The van der Waals surface area contributed by atoms with Crippen LogP contribution in [0.1, 0.15) is 75.6 Å². The van der Waals surface area contributed by atoms with Crippen molar-refractivity contribution in [3.8, 4) is 0 Å². The molecule has 0 spiro atoms. The van der Waals surface area contributed by atoms with Gasteiger partial charge in [0.2, 0.25) is 5.91 Å². The van der Waals surface area contributed by atoms with E-state index in [0.717, 1.165) is 16.7 Å². The number of nitrogens with one attached hydrogen (secondary N) is 1. The molecule has 2 N–H and O–H groups in total. The highest BCUT2D eigenvalue weighted by Crippen LogP contribution is 2.30. The maximum Gasteiger partial charge on any atom is 0.236 e. The first-order valence-electron chi connectivity index (χ1n) is 9.25. The van der Waals surface area contributed by atoms with E-state index in [2.05, 4.69) is 4.72 Å². The lowest BCUT2D eigenvalue weighted by atomic mass is 9.87. The fraction of sp³-hybridized carbons (Fsp3) is 0.476. The summed E-state index contributed by atoms with van der Waals surface area (Å²) in [7, 11) is -1.71. The number of rotatable bonds is 7. The zero-order valence-corrected chi connectivity index (χ0v) is 18.8. The van der Waals surface area contributed by atoms with Gasteiger partial charge in [0.25, 0.3) is 0 Å². The Labute approximate surface area is 172 Å². The highest BCUT2D eigenvalue weighted by atomic mass is 32.2. The summed E-state index contributed by atoms with van der Waals surface area (Å²) in [5.74, 6) is -0.564. The van der Waals surface area contributed by atoms with E-state index in [9.17, 15) is 18.5 Å². The van der Waals surface area contributed by atoms with Crippen LogP contribution >= 0.6 is 11.3 Å². The number of hydrogen-bond acceptors (Lipinski definition) is 4. The van der Waals surface area contributed by atoms with E-state index in [-0.39, 0.29) is 30.0 Å². The van der Waals surface area contributed by atoms with Gasteiger partial charge in [0.15, 0.2) is 11.0 Å². The predicted octanol–water partition coefficient (Wildman–Crippen LogP) is 4.74. The van der Waals surface area contributed by atoms with Gasteiger partial charge in [-0.25, -0.2) is 8.60 Å². The van der Waals surface area contributed by atoms with Gasteiger partial charge < -0.3 is 5.11 Å². The maximum absolute atomic E-state index is 14.0. The summed E-state index contributed by atoms with van der Waals surface area (Å²) in [5.41, 5.74) is 2.01. The van der Waals surface area contributed by atoms with Crippen molar-refractivity contribution in [1.29, 1.82) is 0 Å². The second kappa shape index (κ2) is 8.84. The number of amides is 1. The minimum atomic E-state index is -1.71. The highest BCUT2D eigenvalue weighted by Gasteiger charge is 2.22. The van der Waals surface area contributed by atoms with Gasteiger partial charge in [-0.15, -0.1) is 11.3 Å². The molecule has 0 saturated heterocycles. The third kappa shape index (κ3) is 5.49. The van der Waals surface area contributed by atoms with Crippen LogP contribution in [0.25, 0.3) is 0 Å². The summed E-state index contributed by atoms with van der Waals surface area (Å²) < 4.78 is 29.5. The van der Waals surface area contributed by atoms with Crippen LogP contribution in [0, 0.1) is 5.82 Å². The quantitative estimate of drug-likeness (QED) is 0.673. The number of carbonyl (C=O) groups is 1. The SMILES string of the molecule is CC(C)c1cc(F)cc(C(C)C)c1CC(=O)NS(=O)c1cc(C(C)(C)O)cs1. The van der Waals surface area contributed by atoms with Crippen molar-refractivity contribution in [3.05, 3.63) is 51.7 Å². The molecule has 1 aromatic carbocycles. The van der Waals surface area contributed by atoms with Gasteiger partial charge in [0, 0.05) is 0 Å². The lowest BCUT2D eigenvalue weighted by Crippen LogP contribution is -2.28. The molecule has 154 valence electrons. The monoisotopic (exact) mass is 425 g/mol. The molecule has 0 saturated carbocycles. The number of hydrogen-bond donors (Lipinski definition) is 2. The van der Waals surface area contributed by atoms with Crippen molar-refractivity contribution in [3.63, 3.8) is 0 Å². The summed E-state index contributed by atoms with van der Waals surface area (Å²) in [5, 5.41) is 11.8. The molecule has 1 amide bonds. The summed E-state index contributed by atoms with van der Waals surface area (Å²) in [6.45, 7) is 11.1. The first-order valence-corrected chi connectivity index (χ1v) is 11.3. The standard InChI is InChI=1S/C21H28FNO3S2/c1-12(2)16-8-15(22)9-17(13(3)4)18(16)10-19(24)23-28(26)20-7-14(11-27-20)21(5,6)25/h7-9,11-13,25H,10H2,1-6H3,(H,23,24). The van der Waals surface area contributed by atoms with E-state index >= 15 is 0 Å². The zero-order chi connectivity index (χ0) is 21.2. The van der Waals surface area contributed by atoms with E-state index < -0.39 is 16.6 Å². The van der Waals surface area contributed by atoms with Crippen LogP contribution in [0.2, 0.25) is 0 Å². The molecule has 0 radical (unpaired) electrons. The van der Waals surface area contributed by atoms with E-state index in [1.54, 1.807) is 25.3 Å². The third-order valence-corrected chi connectivity index (χ3v) is 6.90. The molecule has 1 unspecified atom stereocenters. The summed E-state index contributed by atoms with van der Waals surface area (Å²) in [6, 6.07) is 4.59. The average molecular weight is 426 g/mol. The Morgan fingerprint density at radius 2 is 1.71 bits per heavy atom. The Morgan fingerprint density at radius 1 is 1.18 bits per heavy atom. The van der Waals surface area contributed by atoms with Crippen molar-refractivity contribution in [2.24, 2.45) is 0 Å². The van der Waals surface area contributed by atoms with Crippen LogP contribution in [0.3, 0.4) is 0 Å². The molecule has 28 heavy (non-hydrogen) atoms. The Morgan fingerprint density at radius 3 is 2.14 bits per heavy atom. The molecule has 2 aromatic rings. The molecule has 0 bridgehead atoms. The van der Waals surface area contributed by atoms with Crippen molar-refractivity contribution < 1.29 is 18.5 Å². The van der Waals surface area contributed by atoms with E-state index in [0.29, 0.717) is 9.77 Å². The molecule has 1 atom stereocenters. The lowest BCUT2D eigenvalue weighted by molar-refractivity contribution is -0.118. The van der Waals surface area contributed by atoms with E-state index in [1.807, 2.05) is 27.7 Å². The molecule has 0 aliphatic rings. The molecule has 1 aromatic heterocycles. The number of halogens is 1. The van der Waals surface area contributed by atoms with Crippen LogP contribution in [0.5, 0.6) is 0 Å². The van der Waals surface area contributed by atoms with Gasteiger partial charge in [-0.05, 0) is 71.5 Å². The normalized spacial score (nSPS) is 13.2. The predicted molar refractivity (Wildman–Crippen MR) is 112 cm³/mol. The van der Waals surface area contributed by atoms with Gasteiger partial charge in [-0.3, -0.25) is 9.52 Å². The summed E-state index contributed by atoms with van der Waals surface area (Å²) >= 11 is 1.23. The van der Waals surface area contributed by atoms with Crippen molar-refractivity contribution >= 4 is 28.2 Å². The van der Waals surface area contributed by atoms with Gasteiger partial charge in [-0.1, -0.05) is 27.7 Å². The molecule has 0 fully saturated rings. The van der Waals surface area contributed by atoms with Crippen molar-refractivity contribution in [2.45, 2.75) is 69.6 Å². The van der Waals surface area contributed by atoms with E-state index in [1.165, 1.54) is 23.5 Å². The summed E-state index contributed by atoms with van der Waals surface area (Å²) in [6.07, 6.45) is 0.0385. The first-order chi connectivity index (χ1) is 12.9. The first kappa shape index (κ1) is 22.7. The molecular formula is C21H28FNO3S2.